The Morgan fingerprint density at radius 1 is 1.11 bits per heavy atom. The molecule has 1 unspecified atom stereocenters. The SMILES string of the molecule is CCC#CCNC(=O)c1cc(COCC(C)(N)Cc2ccccc2)cc(N(CCC)S(C)(=O)=O)c1. The van der Waals surface area contributed by atoms with E-state index in [1.54, 1.807) is 18.2 Å². The molecule has 0 aromatic heterocycles. The number of sulfonamides is 1. The van der Waals surface area contributed by atoms with Gasteiger partial charge in [-0.2, -0.15) is 0 Å². The van der Waals surface area contributed by atoms with Crippen molar-refractivity contribution in [3.63, 3.8) is 0 Å². The number of ether oxygens (including phenoxy) is 1. The molecule has 0 radical (unpaired) electrons. The zero-order valence-corrected chi connectivity index (χ0v) is 22.0. The van der Waals surface area contributed by atoms with Crippen molar-refractivity contribution in [1.82, 2.24) is 5.32 Å². The number of rotatable bonds is 12. The highest BCUT2D eigenvalue weighted by atomic mass is 32.2. The van der Waals surface area contributed by atoms with Gasteiger partial charge in [-0.3, -0.25) is 9.10 Å². The van der Waals surface area contributed by atoms with E-state index in [9.17, 15) is 13.2 Å². The van der Waals surface area contributed by atoms with Gasteiger partial charge >= 0.3 is 0 Å². The van der Waals surface area contributed by atoms with Crippen LogP contribution in [0.5, 0.6) is 0 Å². The fourth-order valence-electron chi connectivity index (χ4n) is 3.65. The lowest BCUT2D eigenvalue weighted by Gasteiger charge is -2.25. The molecule has 0 bridgehead atoms. The minimum Gasteiger partial charge on any atom is -0.375 e. The second-order valence-corrected chi connectivity index (χ2v) is 10.8. The van der Waals surface area contributed by atoms with Crippen LogP contribution in [-0.4, -0.2) is 45.8 Å². The van der Waals surface area contributed by atoms with Gasteiger partial charge in [0.1, 0.15) is 0 Å². The van der Waals surface area contributed by atoms with Crippen LogP contribution in [0.1, 0.15) is 55.1 Å². The largest absolute Gasteiger partial charge is 0.375 e. The van der Waals surface area contributed by atoms with Gasteiger partial charge in [0.25, 0.3) is 5.91 Å². The van der Waals surface area contributed by atoms with Crippen LogP contribution in [0, 0.1) is 11.8 Å². The van der Waals surface area contributed by atoms with E-state index in [4.69, 9.17) is 10.5 Å². The molecule has 1 atom stereocenters. The van der Waals surface area contributed by atoms with Crippen molar-refractivity contribution in [2.75, 3.05) is 30.3 Å². The van der Waals surface area contributed by atoms with Crippen molar-refractivity contribution < 1.29 is 17.9 Å². The summed E-state index contributed by atoms with van der Waals surface area (Å²) in [4.78, 5) is 12.8. The van der Waals surface area contributed by atoms with Crippen molar-refractivity contribution in [3.05, 3.63) is 65.2 Å². The Kier molecular flexibility index (Phi) is 10.8. The fourth-order valence-corrected chi connectivity index (χ4v) is 4.65. The molecule has 2 aromatic carbocycles. The molecule has 2 rings (SSSR count). The minimum atomic E-state index is -3.52. The topological polar surface area (TPSA) is 102 Å². The highest BCUT2D eigenvalue weighted by Gasteiger charge is 2.21. The molecule has 0 aliphatic carbocycles. The molecule has 0 fully saturated rings. The van der Waals surface area contributed by atoms with Crippen LogP contribution < -0.4 is 15.4 Å². The quantitative estimate of drug-likeness (QED) is 0.436. The molecule has 0 saturated carbocycles. The monoisotopic (exact) mass is 499 g/mol. The molecule has 0 aliphatic heterocycles. The second-order valence-electron chi connectivity index (χ2n) is 8.92. The lowest BCUT2D eigenvalue weighted by Crippen LogP contribution is -2.43. The van der Waals surface area contributed by atoms with Crippen molar-refractivity contribution in [2.24, 2.45) is 5.73 Å². The number of anilines is 1. The van der Waals surface area contributed by atoms with Crippen LogP contribution >= 0.6 is 0 Å². The first-order valence-corrected chi connectivity index (χ1v) is 13.7. The maximum Gasteiger partial charge on any atom is 0.252 e. The van der Waals surface area contributed by atoms with E-state index >= 15 is 0 Å². The number of nitrogens with one attached hydrogen (secondary N) is 1. The lowest BCUT2D eigenvalue weighted by atomic mass is 9.95. The van der Waals surface area contributed by atoms with Crippen molar-refractivity contribution >= 4 is 21.6 Å². The van der Waals surface area contributed by atoms with Gasteiger partial charge in [-0.25, -0.2) is 8.42 Å². The van der Waals surface area contributed by atoms with Crippen LogP contribution in [0.3, 0.4) is 0 Å². The van der Waals surface area contributed by atoms with Gasteiger partial charge in [0.15, 0.2) is 0 Å². The van der Waals surface area contributed by atoms with Crippen molar-refractivity contribution in [3.8, 4) is 11.8 Å². The Labute approximate surface area is 210 Å². The van der Waals surface area contributed by atoms with Crippen LogP contribution in [0.15, 0.2) is 48.5 Å². The molecular formula is C27H37N3O4S. The third-order valence-corrected chi connectivity index (χ3v) is 6.34. The Hall–Kier alpha value is -2.86. The Balaban J connectivity index is 2.23. The standard InChI is InChI=1S/C27H37N3O4S/c1-5-7-11-14-29-26(31)24-16-23(17-25(18-24)30(15-6-2)35(4,32)33)20-34-21-27(3,28)19-22-12-9-8-10-13-22/h8-10,12-13,16-18H,5-6,14-15,19-21,28H2,1-4H3,(H,29,31). The molecule has 2 aromatic rings. The molecule has 1 amide bonds. The molecule has 190 valence electrons. The van der Waals surface area contributed by atoms with E-state index in [0.717, 1.165) is 11.8 Å². The van der Waals surface area contributed by atoms with Gasteiger partial charge in [0.05, 0.1) is 31.7 Å². The van der Waals surface area contributed by atoms with E-state index in [2.05, 4.69) is 17.2 Å². The van der Waals surface area contributed by atoms with Gasteiger partial charge in [-0.1, -0.05) is 50.1 Å². The number of carbonyl (C=O) groups is 1. The second kappa shape index (κ2) is 13.3. The predicted octanol–water partition coefficient (Wildman–Crippen LogP) is 3.48. The number of benzene rings is 2. The van der Waals surface area contributed by atoms with Gasteiger partial charge < -0.3 is 15.8 Å². The Morgan fingerprint density at radius 2 is 1.83 bits per heavy atom. The van der Waals surface area contributed by atoms with Crippen molar-refractivity contribution in [2.45, 2.75) is 52.2 Å². The lowest BCUT2D eigenvalue weighted by molar-refractivity contribution is 0.0790. The number of amides is 1. The number of hydrogen-bond donors (Lipinski definition) is 2. The fraction of sp³-hybridized carbons (Fsp3) is 0.444. The Bertz CT molecular complexity index is 1140. The number of hydrogen-bond acceptors (Lipinski definition) is 5. The summed E-state index contributed by atoms with van der Waals surface area (Å²) in [6.07, 6.45) is 3.15. The van der Waals surface area contributed by atoms with Gasteiger partial charge in [-0.05, 0) is 49.1 Å². The summed E-state index contributed by atoms with van der Waals surface area (Å²) in [5.74, 6) is 5.46. The molecular weight excluding hydrogens is 462 g/mol. The minimum absolute atomic E-state index is 0.190. The summed E-state index contributed by atoms with van der Waals surface area (Å²) in [5.41, 5.74) is 8.46. The average Bonchev–Trinajstić information content (AvgIpc) is 2.79. The van der Waals surface area contributed by atoms with Gasteiger partial charge in [-0.15, -0.1) is 5.92 Å². The van der Waals surface area contributed by atoms with Gasteiger partial charge in [0.2, 0.25) is 10.0 Å². The molecule has 7 nitrogen and oxygen atoms in total. The van der Waals surface area contributed by atoms with E-state index in [-0.39, 0.29) is 19.1 Å². The Morgan fingerprint density at radius 3 is 2.46 bits per heavy atom. The smallest absolute Gasteiger partial charge is 0.252 e. The van der Waals surface area contributed by atoms with E-state index in [1.165, 1.54) is 4.31 Å². The molecule has 0 heterocycles. The van der Waals surface area contributed by atoms with Crippen LogP contribution in [0.2, 0.25) is 0 Å². The molecule has 0 saturated heterocycles. The van der Waals surface area contributed by atoms with Crippen LogP contribution in [0.25, 0.3) is 0 Å². The molecule has 0 spiro atoms. The molecule has 0 aliphatic rings. The van der Waals surface area contributed by atoms with Crippen molar-refractivity contribution in [1.29, 1.82) is 0 Å². The molecule has 35 heavy (non-hydrogen) atoms. The highest BCUT2D eigenvalue weighted by molar-refractivity contribution is 7.92. The summed E-state index contributed by atoms with van der Waals surface area (Å²) in [6, 6.07) is 15.0. The van der Waals surface area contributed by atoms with Crippen LogP contribution in [-0.2, 0) is 27.8 Å². The number of carbonyl (C=O) groups excluding carboxylic acids is 1. The van der Waals surface area contributed by atoms with Gasteiger partial charge in [0, 0.05) is 24.1 Å². The molecule has 8 heteroatoms. The van der Waals surface area contributed by atoms with Crippen LogP contribution in [0.4, 0.5) is 5.69 Å². The van der Waals surface area contributed by atoms with E-state index < -0.39 is 15.6 Å². The number of nitrogens with two attached hydrogens (primary N) is 1. The first-order valence-electron chi connectivity index (χ1n) is 11.8. The third kappa shape index (κ3) is 9.73. The maximum atomic E-state index is 12.8. The van der Waals surface area contributed by atoms with E-state index in [0.29, 0.717) is 49.2 Å². The van der Waals surface area contributed by atoms with E-state index in [1.807, 2.05) is 51.1 Å². The summed E-state index contributed by atoms with van der Waals surface area (Å²) in [5, 5.41) is 2.76. The normalized spacial score (nSPS) is 12.8. The zero-order valence-electron chi connectivity index (χ0n) is 21.1. The maximum absolute atomic E-state index is 12.8. The first-order chi connectivity index (χ1) is 16.6. The average molecular weight is 500 g/mol. The number of nitrogens with zero attached hydrogens (tertiary/aromatic N) is 1. The predicted molar refractivity (Wildman–Crippen MR) is 142 cm³/mol. The third-order valence-electron chi connectivity index (χ3n) is 5.15. The first kappa shape index (κ1) is 28.4. The zero-order chi connectivity index (χ0) is 25.9. The summed E-state index contributed by atoms with van der Waals surface area (Å²) in [6.45, 7) is 6.78. The highest BCUT2D eigenvalue weighted by Crippen LogP contribution is 2.23. The summed E-state index contributed by atoms with van der Waals surface area (Å²) >= 11 is 0. The molecule has 3 N–H and O–H groups in total. The summed E-state index contributed by atoms with van der Waals surface area (Å²) < 4.78 is 32.1. The summed E-state index contributed by atoms with van der Waals surface area (Å²) in [7, 11) is -3.52.